The van der Waals surface area contributed by atoms with E-state index in [-0.39, 0.29) is 18.1 Å². The first-order valence-electron chi connectivity index (χ1n) is 3.08. The van der Waals surface area contributed by atoms with Gasteiger partial charge in [-0.1, -0.05) is 0 Å². The molecule has 1 rings (SSSR count). The Morgan fingerprint density at radius 2 is 2.10 bits per heavy atom. The summed E-state index contributed by atoms with van der Waals surface area (Å²) >= 11 is 0. The third kappa shape index (κ3) is 1.07. The minimum absolute atomic E-state index is 0.0266. The molecule has 10 heavy (non-hydrogen) atoms. The van der Waals surface area contributed by atoms with Crippen LogP contribution < -0.4 is 0 Å². The van der Waals surface area contributed by atoms with Gasteiger partial charge in [-0.15, -0.1) is 0 Å². The van der Waals surface area contributed by atoms with Crippen LogP contribution in [0.4, 0.5) is 0 Å². The number of hydrogen-bond donors (Lipinski definition) is 0. The standard InChI is InChI=1S/C7H9NO2/c1-5-4-8(2)7(10)3-6(5)9/h4H,3H2,1-2H3. The first-order chi connectivity index (χ1) is 4.61. The second-order valence-electron chi connectivity index (χ2n) is 2.42. The van der Waals surface area contributed by atoms with E-state index >= 15 is 0 Å². The Morgan fingerprint density at radius 1 is 1.50 bits per heavy atom. The van der Waals surface area contributed by atoms with Crippen LogP contribution in [0.15, 0.2) is 11.8 Å². The van der Waals surface area contributed by atoms with Gasteiger partial charge in [0.05, 0.1) is 6.42 Å². The topological polar surface area (TPSA) is 37.4 Å². The van der Waals surface area contributed by atoms with Crippen LogP contribution >= 0.6 is 0 Å². The summed E-state index contributed by atoms with van der Waals surface area (Å²) in [5, 5.41) is 0. The molecular weight excluding hydrogens is 130 g/mol. The molecule has 1 aliphatic rings. The number of carbonyl (C=O) groups excluding carboxylic acids is 2. The molecule has 3 nitrogen and oxygen atoms in total. The molecule has 0 fully saturated rings. The lowest BCUT2D eigenvalue weighted by Gasteiger charge is -2.17. The van der Waals surface area contributed by atoms with Crippen LogP contribution in [-0.4, -0.2) is 23.6 Å². The molecule has 3 heteroatoms. The zero-order valence-corrected chi connectivity index (χ0v) is 6.05. The van der Waals surface area contributed by atoms with E-state index in [4.69, 9.17) is 0 Å². The Kier molecular flexibility index (Phi) is 1.57. The van der Waals surface area contributed by atoms with Gasteiger partial charge in [-0.2, -0.15) is 0 Å². The lowest BCUT2D eigenvalue weighted by atomic mass is 10.1. The summed E-state index contributed by atoms with van der Waals surface area (Å²) in [5.41, 5.74) is 0.655. The first-order valence-corrected chi connectivity index (χ1v) is 3.08. The highest BCUT2D eigenvalue weighted by Gasteiger charge is 2.19. The van der Waals surface area contributed by atoms with Gasteiger partial charge in [0.25, 0.3) is 0 Å². The van der Waals surface area contributed by atoms with Crippen molar-refractivity contribution in [2.75, 3.05) is 7.05 Å². The number of Topliss-reactive ketones (excluding diaryl/α,β-unsaturated/α-hetero) is 1. The first kappa shape index (κ1) is 6.99. The number of allylic oxidation sites excluding steroid dienone is 1. The summed E-state index contributed by atoms with van der Waals surface area (Å²) in [5.74, 6) is -0.196. The van der Waals surface area contributed by atoms with Crippen LogP contribution in [0.1, 0.15) is 13.3 Å². The summed E-state index contributed by atoms with van der Waals surface area (Å²) < 4.78 is 0. The van der Waals surface area contributed by atoms with Gasteiger partial charge in [0.15, 0.2) is 5.78 Å². The maximum Gasteiger partial charge on any atom is 0.234 e. The SMILES string of the molecule is CC1=CN(C)C(=O)CC1=O. The fraction of sp³-hybridized carbons (Fsp3) is 0.429. The lowest BCUT2D eigenvalue weighted by Crippen LogP contribution is -2.29. The molecule has 54 valence electrons. The van der Waals surface area contributed by atoms with Crippen LogP contribution in [0, 0.1) is 0 Å². The molecule has 0 N–H and O–H groups in total. The summed E-state index contributed by atoms with van der Waals surface area (Å²) in [6.07, 6.45) is 1.59. The van der Waals surface area contributed by atoms with E-state index in [9.17, 15) is 9.59 Å². The van der Waals surface area contributed by atoms with E-state index in [1.807, 2.05) is 0 Å². The summed E-state index contributed by atoms with van der Waals surface area (Å²) in [7, 11) is 1.65. The minimum atomic E-state index is -0.129. The van der Waals surface area contributed by atoms with Gasteiger partial charge in [0, 0.05) is 18.8 Å². The number of rotatable bonds is 0. The Balaban J connectivity index is 2.89. The monoisotopic (exact) mass is 139 g/mol. The van der Waals surface area contributed by atoms with Gasteiger partial charge < -0.3 is 4.90 Å². The Bertz CT molecular complexity index is 218. The van der Waals surface area contributed by atoms with Gasteiger partial charge in [-0.05, 0) is 6.92 Å². The molecule has 0 atom stereocenters. The van der Waals surface area contributed by atoms with E-state index in [1.165, 1.54) is 4.90 Å². The molecule has 0 aromatic carbocycles. The summed E-state index contributed by atoms with van der Waals surface area (Å²) in [4.78, 5) is 23.1. The second-order valence-corrected chi connectivity index (χ2v) is 2.42. The molecule has 0 aliphatic carbocycles. The fourth-order valence-electron chi connectivity index (χ4n) is 0.836. The van der Waals surface area contributed by atoms with Crippen LogP contribution in [-0.2, 0) is 9.59 Å². The van der Waals surface area contributed by atoms with Crippen molar-refractivity contribution in [3.8, 4) is 0 Å². The lowest BCUT2D eigenvalue weighted by molar-refractivity contribution is -0.132. The van der Waals surface area contributed by atoms with Crippen LogP contribution in [0.5, 0.6) is 0 Å². The highest BCUT2D eigenvalue weighted by Crippen LogP contribution is 2.08. The number of amides is 1. The van der Waals surface area contributed by atoms with Gasteiger partial charge in [-0.25, -0.2) is 0 Å². The largest absolute Gasteiger partial charge is 0.321 e. The Labute approximate surface area is 59.3 Å². The van der Waals surface area contributed by atoms with Crippen molar-refractivity contribution in [2.45, 2.75) is 13.3 Å². The van der Waals surface area contributed by atoms with E-state index in [1.54, 1.807) is 20.2 Å². The molecular formula is C7H9NO2. The van der Waals surface area contributed by atoms with Gasteiger partial charge in [0.2, 0.25) is 5.91 Å². The zero-order valence-electron chi connectivity index (χ0n) is 6.05. The van der Waals surface area contributed by atoms with E-state index in [2.05, 4.69) is 0 Å². The van der Waals surface area contributed by atoms with E-state index < -0.39 is 0 Å². The number of ketones is 1. The van der Waals surface area contributed by atoms with Crippen molar-refractivity contribution in [2.24, 2.45) is 0 Å². The summed E-state index contributed by atoms with van der Waals surface area (Å²) in [6.45, 7) is 1.71. The molecule has 1 aliphatic heterocycles. The molecule has 0 unspecified atom stereocenters. The normalized spacial score (nSPS) is 19.4. The molecule has 0 bridgehead atoms. The van der Waals surface area contributed by atoms with Crippen molar-refractivity contribution in [1.82, 2.24) is 4.90 Å². The molecule has 0 saturated carbocycles. The molecule has 0 aromatic rings. The maximum atomic E-state index is 10.8. The summed E-state index contributed by atoms with van der Waals surface area (Å²) in [6, 6.07) is 0. The molecule has 0 aromatic heterocycles. The number of nitrogens with zero attached hydrogens (tertiary/aromatic N) is 1. The van der Waals surface area contributed by atoms with Crippen molar-refractivity contribution >= 4 is 11.7 Å². The fourth-order valence-corrected chi connectivity index (χ4v) is 0.836. The van der Waals surface area contributed by atoms with Gasteiger partial charge >= 0.3 is 0 Å². The minimum Gasteiger partial charge on any atom is -0.321 e. The maximum absolute atomic E-state index is 10.8. The van der Waals surface area contributed by atoms with Crippen molar-refractivity contribution in [3.05, 3.63) is 11.8 Å². The highest BCUT2D eigenvalue weighted by molar-refractivity contribution is 6.09. The number of carbonyl (C=O) groups is 2. The van der Waals surface area contributed by atoms with Crippen molar-refractivity contribution in [3.63, 3.8) is 0 Å². The Hall–Kier alpha value is -1.12. The third-order valence-corrected chi connectivity index (χ3v) is 1.53. The van der Waals surface area contributed by atoms with Gasteiger partial charge in [-0.3, -0.25) is 9.59 Å². The molecule has 1 amide bonds. The highest BCUT2D eigenvalue weighted by atomic mass is 16.2. The third-order valence-electron chi connectivity index (χ3n) is 1.53. The quantitative estimate of drug-likeness (QED) is 0.453. The molecule has 0 spiro atoms. The predicted octanol–water partition coefficient (Wildman–Crippen LogP) is 0.321. The zero-order chi connectivity index (χ0) is 7.72. The van der Waals surface area contributed by atoms with Crippen molar-refractivity contribution in [1.29, 1.82) is 0 Å². The smallest absolute Gasteiger partial charge is 0.234 e. The Morgan fingerprint density at radius 3 is 2.60 bits per heavy atom. The van der Waals surface area contributed by atoms with Crippen LogP contribution in [0.2, 0.25) is 0 Å². The second kappa shape index (κ2) is 2.25. The van der Waals surface area contributed by atoms with E-state index in [0.29, 0.717) is 5.57 Å². The predicted molar refractivity (Wildman–Crippen MR) is 36.2 cm³/mol. The van der Waals surface area contributed by atoms with Crippen LogP contribution in [0.3, 0.4) is 0 Å². The van der Waals surface area contributed by atoms with Crippen LogP contribution in [0.25, 0.3) is 0 Å². The molecule has 1 heterocycles. The molecule has 0 saturated heterocycles. The molecule has 0 radical (unpaired) electrons. The van der Waals surface area contributed by atoms with Crippen molar-refractivity contribution < 1.29 is 9.59 Å². The average Bonchev–Trinajstić information content (AvgIpc) is 1.84. The van der Waals surface area contributed by atoms with E-state index in [0.717, 1.165) is 0 Å². The number of hydrogen-bond acceptors (Lipinski definition) is 2. The average molecular weight is 139 g/mol. The van der Waals surface area contributed by atoms with Gasteiger partial charge in [0.1, 0.15) is 0 Å².